The summed E-state index contributed by atoms with van der Waals surface area (Å²) in [6.07, 6.45) is 0.980. The molecule has 1 aliphatic rings. The summed E-state index contributed by atoms with van der Waals surface area (Å²) >= 11 is 0. The van der Waals surface area contributed by atoms with Crippen molar-refractivity contribution in [1.82, 2.24) is 0 Å². The Morgan fingerprint density at radius 1 is 1.33 bits per heavy atom. The van der Waals surface area contributed by atoms with E-state index in [4.69, 9.17) is 9.66 Å². The van der Waals surface area contributed by atoms with Crippen LogP contribution in [-0.2, 0) is 10.1 Å². The van der Waals surface area contributed by atoms with E-state index >= 15 is 0 Å². The molecule has 0 aromatic carbocycles. The molecule has 0 aliphatic heterocycles. The lowest BCUT2D eigenvalue weighted by atomic mass is 9.96. The molecule has 0 spiro atoms. The zero-order valence-electron chi connectivity index (χ0n) is 4.74. The van der Waals surface area contributed by atoms with Crippen molar-refractivity contribution in [3.05, 3.63) is 0 Å². The van der Waals surface area contributed by atoms with Crippen molar-refractivity contribution in [2.24, 2.45) is 0 Å². The molecule has 1 aliphatic carbocycles. The minimum Gasteiger partial charge on any atom is -0.372 e. The molecule has 0 atom stereocenters. The van der Waals surface area contributed by atoms with Gasteiger partial charge in [0.2, 0.25) is 0 Å². The van der Waals surface area contributed by atoms with Gasteiger partial charge in [0, 0.05) is 0 Å². The van der Waals surface area contributed by atoms with E-state index in [1.165, 1.54) is 0 Å². The summed E-state index contributed by atoms with van der Waals surface area (Å²) in [6.45, 7) is 0. The highest BCUT2D eigenvalue weighted by Crippen LogP contribution is 2.35. The zero-order valence-corrected chi connectivity index (χ0v) is 5.56. The molecule has 54 valence electrons. The average Bonchev–Trinajstić information content (AvgIpc) is 1.57. The van der Waals surface area contributed by atoms with Crippen molar-refractivity contribution >= 4 is 10.1 Å². The van der Waals surface area contributed by atoms with E-state index in [0.29, 0.717) is 6.42 Å². The molecule has 0 aromatic rings. The van der Waals surface area contributed by atoms with Gasteiger partial charge in [-0.1, -0.05) is 0 Å². The molecule has 0 saturated heterocycles. The van der Waals surface area contributed by atoms with Crippen LogP contribution in [0, 0.1) is 0 Å². The Kier molecular flexibility index (Phi) is 1.30. The largest absolute Gasteiger partial charge is 0.372 e. The van der Waals surface area contributed by atoms with E-state index in [9.17, 15) is 8.42 Å². The van der Waals surface area contributed by atoms with Gasteiger partial charge in [-0.15, -0.1) is 0 Å². The lowest BCUT2D eigenvalue weighted by Crippen LogP contribution is -2.44. The summed E-state index contributed by atoms with van der Waals surface area (Å²) in [5.41, 5.74) is 0. The van der Waals surface area contributed by atoms with E-state index in [1.807, 2.05) is 0 Å². The highest BCUT2D eigenvalue weighted by molar-refractivity contribution is 7.87. The van der Waals surface area contributed by atoms with Gasteiger partial charge in [-0.3, -0.25) is 4.55 Å². The molecule has 1 saturated carbocycles. The van der Waals surface area contributed by atoms with Crippen LogP contribution in [0.1, 0.15) is 19.3 Å². The Labute approximate surface area is 53.3 Å². The molecular weight excluding hydrogens is 144 g/mol. The first-order chi connectivity index (χ1) is 3.96. The molecule has 1 fully saturated rings. The normalized spacial score (nSPS) is 25.1. The topological polar surface area (TPSA) is 74.6 Å². The van der Waals surface area contributed by atoms with Crippen LogP contribution in [0.25, 0.3) is 0 Å². The Morgan fingerprint density at radius 2 is 1.78 bits per heavy atom. The Bertz CT molecular complexity index is 201. The predicted molar refractivity (Wildman–Crippen MR) is 30.3 cm³/mol. The standard InChI is InChI=1S/C4H8O4S/c5-4(2-1-3-4)9(6,7)8/h5H,1-3H2,(H,6,7,8). The number of rotatable bonds is 1. The molecule has 9 heavy (non-hydrogen) atoms. The summed E-state index contributed by atoms with van der Waals surface area (Å²) in [4.78, 5) is -1.81. The lowest BCUT2D eigenvalue weighted by molar-refractivity contribution is 0.0384. The summed E-state index contributed by atoms with van der Waals surface area (Å²) in [7, 11) is -4.21. The Hall–Kier alpha value is -0.130. The number of aliphatic hydroxyl groups is 1. The summed E-state index contributed by atoms with van der Waals surface area (Å²) in [5, 5.41) is 8.91. The van der Waals surface area contributed by atoms with Crippen LogP contribution >= 0.6 is 0 Å². The minimum absolute atomic E-state index is 0.159. The van der Waals surface area contributed by atoms with Crippen molar-refractivity contribution in [3.63, 3.8) is 0 Å². The second-order valence-corrected chi connectivity index (χ2v) is 3.98. The van der Waals surface area contributed by atoms with Crippen LogP contribution < -0.4 is 0 Å². The molecule has 0 bridgehead atoms. The van der Waals surface area contributed by atoms with Crippen LogP contribution in [0.4, 0.5) is 0 Å². The lowest BCUT2D eigenvalue weighted by Gasteiger charge is -2.32. The zero-order chi connectivity index (χ0) is 7.12. The van der Waals surface area contributed by atoms with Crippen LogP contribution in [-0.4, -0.2) is 23.0 Å². The fourth-order valence-corrected chi connectivity index (χ4v) is 1.54. The Balaban J connectivity index is 2.84. The van der Waals surface area contributed by atoms with Gasteiger partial charge >= 0.3 is 0 Å². The van der Waals surface area contributed by atoms with Crippen molar-refractivity contribution in [3.8, 4) is 0 Å². The maximum Gasteiger partial charge on any atom is 0.294 e. The fraction of sp³-hybridized carbons (Fsp3) is 1.00. The second kappa shape index (κ2) is 1.68. The van der Waals surface area contributed by atoms with E-state index in [-0.39, 0.29) is 12.8 Å². The third kappa shape index (κ3) is 0.953. The van der Waals surface area contributed by atoms with E-state index in [1.54, 1.807) is 0 Å². The first kappa shape index (κ1) is 6.98. The van der Waals surface area contributed by atoms with E-state index in [0.717, 1.165) is 0 Å². The van der Waals surface area contributed by atoms with Crippen molar-refractivity contribution in [2.45, 2.75) is 24.2 Å². The molecule has 0 heterocycles. The highest BCUT2D eigenvalue weighted by atomic mass is 32.2. The first-order valence-electron chi connectivity index (χ1n) is 2.65. The third-order valence-electron chi connectivity index (χ3n) is 1.61. The maximum absolute atomic E-state index is 10.2. The van der Waals surface area contributed by atoms with E-state index < -0.39 is 15.1 Å². The monoisotopic (exact) mass is 152 g/mol. The molecule has 2 N–H and O–H groups in total. The van der Waals surface area contributed by atoms with Gasteiger partial charge in [-0.2, -0.15) is 8.42 Å². The third-order valence-corrected chi connectivity index (χ3v) is 2.98. The Morgan fingerprint density at radius 3 is 1.78 bits per heavy atom. The van der Waals surface area contributed by atoms with Gasteiger partial charge in [-0.05, 0) is 19.3 Å². The van der Waals surface area contributed by atoms with Crippen molar-refractivity contribution < 1.29 is 18.1 Å². The summed E-state index contributed by atoms with van der Waals surface area (Å²) in [5.74, 6) is 0. The van der Waals surface area contributed by atoms with Crippen LogP contribution in [0.15, 0.2) is 0 Å². The summed E-state index contributed by atoms with van der Waals surface area (Å²) in [6, 6.07) is 0. The van der Waals surface area contributed by atoms with Crippen LogP contribution in [0.3, 0.4) is 0 Å². The summed E-state index contributed by atoms with van der Waals surface area (Å²) < 4.78 is 28.8. The molecule has 0 aromatic heterocycles. The minimum atomic E-state index is -4.21. The predicted octanol–water partition coefficient (Wildman–Crippen LogP) is -0.253. The molecule has 0 radical (unpaired) electrons. The SMILES string of the molecule is O=S(=O)(O)C1(O)CCC1. The quantitative estimate of drug-likeness (QED) is 0.508. The number of hydrogen-bond donors (Lipinski definition) is 2. The van der Waals surface area contributed by atoms with Gasteiger partial charge in [0.15, 0.2) is 4.93 Å². The average molecular weight is 152 g/mol. The van der Waals surface area contributed by atoms with Crippen LogP contribution in [0.5, 0.6) is 0 Å². The smallest absolute Gasteiger partial charge is 0.294 e. The highest BCUT2D eigenvalue weighted by Gasteiger charge is 2.46. The molecule has 4 nitrogen and oxygen atoms in total. The van der Waals surface area contributed by atoms with Gasteiger partial charge in [0.05, 0.1) is 0 Å². The van der Waals surface area contributed by atoms with E-state index in [2.05, 4.69) is 0 Å². The van der Waals surface area contributed by atoms with Crippen molar-refractivity contribution in [2.75, 3.05) is 0 Å². The molecule has 0 amide bonds. The molecule has 5 heteroatoms. The first-order valence-corrected chi connectivity index (χ1v) is 4.09. The van der Waals surface area contributed by atoms with Crippen molar-refractivity contribution in [1.29, 1.82) is 0 Å². The molecule has 1 rings (SSSR count). The van der Waals surface area contributed by atoms with Gasteiger partial charge in [0.25, 0.3) is 10.1 Å². The number of hydrogen-bond acceptors (Lipinski definition) is 3. The van der Waals surface area contributed by atoms with Gasteiger partial charge in [-0.25, -0.2) is 0 Å². The van der Waals surface area contributed by atoms with Gasteiger partial charge in [0.1, 0.15) is 0 Å². The fourth-order valence-electron chi connectivity index (χ4n) is 0.737. The van der Waals surface area contributed by atoms with Crippen LogP contribution in [0.2, 0.25) is 0 Å². The second-order valence-electron chi connectivity index (χ2n) is 2.27. The molecule has 0 unspecified atom stereocenters. The molecular formula is C4H8O4S. The van der Waals surface area contributed by atoms with Gasteiger partial charge < -0.3 is 5.11 Å². The maximum atomic E-state index is 10.2.